The highest BCUT2D eigenvalue weighted by atomic mass is 16.3. The van der Waals surface area contributed by atoms with Crippen molar-refractivity contribution in [3.05, 3.63) is 22.3 Å². The van der Waals surface area contributed by atoms with Crippen LogP contribution in [0.25, 0.3) is 0 Å². The normalized spacial score (nSPS) is 12.5. The van der Waals surface area contributed by atoms with Gasteiger partial charge in [0.05, 0.1) is 6.61 Å². The van der Waals surface area contributed by atoms with Gasteiger partial charge in [-0.3, -0.25) is 0 Å². The summed E-state index contributed by atoms with van der Waals surface area (Å²) in [5, 5.41) is 8.86. The third-order valence-electron chi connectivity index (χ3n) is 2.19. The van der Waals surface area contributed by atoms with E-state index in [1.54, 1.807) is 0 Å². The van der Waals surface area contributed by atoms with Crippen LogP contribution in [0.1, 0.15) is 34.6 Å². The molecule has 0 spiro atoms. The van der Waals surface area contributed by atoms with Gasteiger partial charge >= 0.3 is 0 Å². The molecule has 0 aliphatic rings. The summed E-state index contributed by atoms with van der Waals surface area (Å²) in [5.74, 6) is 0. The van der Waals surface area contributed by atoms with Gasteiger partial charge in [-0.05, 0) is 51.3 Å². The molecule has 0 radical (unpaired) electrons. The van der Waals surface area contributed by atoms with Gasteiger partial charge in [0.15, 0.2) is 0 Å². The Morgan fingerprint density at radius 2 is 1.36 bits per heavy atom. The van der Waals surface area contributed by atoms with E-state index in [2.05, 4.69) is 20.8 Å². The van der Waals surface area contributed by atoms with Crippen molar-refractivity contribution in [1.29, 1.82) is 0 Å². The molecular formula is C10H18O. The van der Waals surface area contributed by atoms with E-state index in [1.807, 2.05) is 13.8 Å². The standard InChI is InChI=1S/C10H18O/c1-7(2)9(4)10(5)8(3)6-11/h11H,6H2,1-5H3/b10-8+. The lowest BCUT2D eigenvalue weighted by molar-refractivity contribution is 0.330. The van der Waals surface area contributed by atoms with Crippen molar-refractivity contribution < 1.29 is 5.11 Å². The van der Waals surface area contributed by atoms with Crippen LogP contribution in [0, 0.1) is 0 Å². The number of hydrogen-bond acceptors (Lipinski definition) is 1. The topological polar surface area (TPSA) is 20.2 Å². The first-order valence-corrected chi connectivity index (χ1v) is 3.92. The third-order valence-corrected chi connectivity index (χ3v) is 2.19. The zero-order chi connectivity index (χ0) is 9.02. The predicted octanol–water partition coefficient (Wildman–Crippen LogP) is 2.67. The molecule has 0 fully saturated rings. The van der Waals surface area contributed by atoms with Crippen LogP contribution in [0.3, 0.4) is 0 Å². The van der Waals surface area contributed by atoms with Gasteiger partial charge in [0.25, 0.3) is 0 Å². The molecule has 11 heavy (non-hydrogen) atoms. The summed E-state index contributed by atoms with van der Waals surface area (Å²) in [6, 6.07) is 0. The maximum atomic E-state index is 8.86. The number of rotatable bonds is 2. The van der Waals surface area contributed by atoms with Crippen molar-refractivity contribution in [2.75, 3.05) is 6.61 Å². The second kappa shape index (κ2) is 4.35. The first-order valence-electron chi connectivity index (χ1n) is 3.92. The van der Waals surface area contributed by atoms with Gasteiger partial charge < -0.3 is 5.11 Å². The van der Waals surface area contributed by atoms with Gasteiger partial charge in [0.1, 0.15) is 0 Å². The molecule has 0 amide bonds. The molecule has 0 bridgehead atoms. The summed E-state index contributed by atoms with van der Waals surface area (Å²) in [7, 11) is 0. The van der Waals surface area contributed by atoms with Gasteiger partial charge in [-0.15, -0.1) is 0 Å². The minimum absolute atomic E-state index is 0.163. The SMILES string of the molecule is CC(C)=C(C)/C(C)=C(\C)CO. The fourth-order valence-electron chi connectivity index (χ4n) is 0.814. The van der Waals surface area contributed by atoms with Crippen LogP contribution in [0.5, 0.6) is 0 Å². The zero-order valence-corrected chi connectivity index (χ0v) is 8.15. The van der Waals surface area contributed by atoms with Crippen molar-refractivity contribution >= 4 is 0 Å². The first kappa shape index (κ1) is 10.4. The molecule has 0 atom stereocenters. The summed E-state index contributed by atoms with van der Waals surface area (Å²) in [5.41, 5.74) is 4.88. The maximum absolute atomic E-state index is 8.86. The first-order chi connectivity index (χ1) is 5.00. The Morgan fingerprint density at radius 1 is 0.909 bits per heavy atom. The van der Waals surface area contributed by atoms with E-state index in [0.29, 0.717) is 0 Å². The highest BCUT2D eigenvalue weighted by molar-refractivity contribution is 5.34. The fraction of sp³-hybridized carbons (Fsp3) is 0.600. The average Bonchev–Trinajstić information content (AvgIpc) is 2.00. The molecule has 0 aromatic rings. The van der Waals surface area contributed by atoms with Crippen molar-refractivity contribution in [2.45, 2.75) is 34.6 Å². The molecule has 0 aromatic heterocycles. The number of aliphatic hydroxyl groups excluding tert-OH is 1. The summed E-state index contributed by atoms with van der Waals surface area (Å²) in [6.45, 7) is 10.4. The van der Waals surface area contributed by atoms with Crippen LogP contribution < -0.4 is 0 Å². The van der Waals surface area contributed by atoms with Gasteiger partial charge in [0, 0.05) is 0 Å². The molecule has 1 N–H and O–H groups in total. The highest BCUT2D eigenvalue weighted by Gasteiger charge is 1.98. The Hall–Kier alpha value is -0.560. The molecule has 0 aromatic carbocycles. The van der Waals surface area contributed by atoms with E-state index in [-0.39, 0.29) is 6.61 Å². The molecule has 0 unspecified atom stereocenters. The second-order valence-electron chi connectivity index (χ2n) is 3.19. The van der Waals surface area contributed by atoms with Crippen LogP contribution in [0.4, 0.5) is 0 Å². The molecular weight excluding hydrogens is 136 g/mol. The van der Waals surface area contributed by atoms with E-state index in [4.69, 9.17) is 5.11 Å². The van der Waals surface area contributed by atoms with E-state index < -0.39 is 0 Å². The highest BCUT2D eigenvalue weighted by Crippen LogP contribution is 2.16. The van der Waals surface area contributed by atoms with Crippen molar-refractivity contribution in [3.8, 4) is 0 Å². The summed E-state index contributed by atoms with van der Waals surface area (Å²) >= 11 is 0. The lowest BCUT2D eigenvalue weighted by Crippen LogP contribution is -1.92. The Bertz CT molecular complexity index is 193. The van der Waals surface area contributed by atoms with Crippen molar-refractivity contribution in [3.63, 3.8) is 0 Å². The van der Waals surface area contributed by atoms with Crippen molar-refractivity contribution in [1.82, 2.24) is 0 Å². The van der Waals surface area contributed by atoms with E-state index in [1.165, 1.54) is 16.7 Å². The van der Waals surface area contributed by atoms with Crippen LogP contribution >= 0.6 is 0 Å². The van der Waals surface area contributed by atoms with Gasteiger partial charge in [-0.2, -0.15) is 0 Å². The number of hydrogen-bond donors (Lipinski definition) is 1. The second-order valence-corrected chi connectivity index (χ2v) is 3.19. The van der Waals surface area contributed by atoms with E-state index in [9.17, 15) is 0 Å². The molecule has 0 rings (SSSR count). The molecule has 1 nitrogen and oxygen atoms in total. The Morgan fingerprint density at radius 3 is 1.64 bits per heavy atom. The summed E-state index contributed by atoms with van der Waals surface area (Å²) in [4.78, 5) is 0. The lowest BCUT2D eigenvalue weighted by atomic mass is 10.0. The quantitative estimate of drug-likeness (QED) is 0.606. The minimum Gasteiger partial charge on any atom is -0.392 e. The minimum atomic E-state index is 0.163. The molecule has 0 saturated heterocycles. The fourth-order valence-corrected chi connectivity index (χ4v) is 0.814. The number of aliphatic hydroxyl groups is 1. The average molecular weight is 154 g/mol. The van der Waals surface area contributed by atoms with Gasteiger partial charge in [-0.1, -0.05) is 5.57 Å². The molecule has 0 aliphatic carbocycles. The van der Waals surface area contributed by atoms with E-state index >= 15 is 0 Å². The molecule has 0 saturated carbocycles. The summed E-state index contributed by atoms with van der Waals surface area (Å²) < 4.78 is 0. The Labute approximate surface area is 69.4 Å². The van der Waals surface area contributed by atoms with Crippen LogP contribution in [0.15, 0.2) is 22.3 Å². The van der Waals surface area contributed by atoms with Crippen LogP contribution in [-0.4, -0.2) is 11.7 Å². The molecule has 0 heterocycles. The Balaban J connectivity index is 4.75. The van der Waals surface area contributed by atoms with Gasteiger partial charge in [-0.25, -0.2) is 0 Å². The lowest BCUT2D eigenvalue weighted by Gasteiger charge is -2.07. The largest absolute Gasteiger partial charge is 0.392 e. The predicted molar refractivity (Wildman–Crippen MR) is 49.5 cm³/mol. The number of allylic oxidation sites excluding steroid dienone is 3. The molecule has 1 heteroatoms. The summed E-state index contributed by atoms with van der Waals surface area (Å²) in [6.07, 6.45) is 0. The molecule has 64 valence electrons. The Kier molecular flexibility index (Phi) is 4.12. The van der Waals surface area contributed by atoms with Crippen LogP contribution in [0.2, 0.25) is 0 Å². The maximum Gasteiger partial charge on any atom is 0.0644 e. The molecule has 0 aliphatic heterocycles. The monoisotopic (exact) mass is 154 g/mol. The van der Waals surface area contributed by atoms with E-state index in [0.717, 1.165) is 5.57 Å². The smallest absolute Gasteiger partial charge is 0.0644 e. The van der Waals surface area contributed by atoms with Gasteiger partial charge in [0.2, 0.25) is 0 Å². The zero-order valence-electron chi connectivity index (χ0n) is 8.15. The van der Waals surface area contributed by atoms with Crippen molar-refractivity contribution in [2.24, 2.45) is 0 Å². The third kappa shape index (κ3) is 2.89. The van der Waals surface area contributed by atoms with Crippen LogP contribution in [-0.2, 0) is 0 Å².